The van der Waals surface area contributed by atoms with Crippen LogP contribution in [0.5, 0.6) is 0 Å². The van der Waals surface area contributed by atoms with Crippen LogP contribution < -0.4 is 0 Å². The maximum Gasteiger partial charge on any atom is 0.300 e. The molecular weight excluding hydrogens is 242 g/mol. The lowest BCUT2D eigenvalue weighted by Crippen LogP contribution is -2.03. The van der Waals surface area contributed by atoms with Crippen LogP contribution in [0.1, 0.15) is 34.1 Å². The van der Waals surface area contributed by atoms with Crippen molar-refractivity contribution < 1.29 is 14.7 Å². The Labute approximate surface area is 112 Å². The number of aromatic amines is 1. The van der Waals surface area contributed by atoms with E-state index in [2.05, 4.69) is 4.98 Å². The highest BCUT2D eigenvalue weighted by Gasteiger charge is 2.11. The minimum atomic E-state index is -0.833. The second-order valence-corrected chi connectivity index (χ2v) is 4.25. The molecule has 0 fully saturated rings. The van der Waals surface area contributed by atoms with Gasteiger partial charge in [-0.05, 0) is 25.5 Å². The van der Waals surface area contributed by atoms with E-state index in [1.807, 2.05) is 44.2 Å². The molecule has 2 rings (SSSR count). The first-order valence-electron chi connectivity index (χ1n) is 5.86. The summed E-state index contributed by atoms with van der Waals surface area (Å²) in [5, 5.41) is 7.42. The summed E-state index contributed by atoms with van der Waals surface area (Å²) in [6, 6.07) is 9.52. The highest BCUT2D eigenvalue weighted by molar-refractivity contribution is 6.08. The number of rotatable bonds is 2. The van der Waals surface area contributed by atoms with Gasteiger partial charge in [0.1, 0.15) is 0 Å². The summed E-state index contributed by atoms with van der Waals surface area (Å²) in [7, 11) is 0. The monoisotopic (exact) mass is 259 g/mol. The highest BCUT2D eigenvalue weighted by atomic mass is 16.4. The lowest BCUT2D eigenvalue weighted by Gasteiger charge is -2.00. The van der Waals surface area contributed by atoms with Crippen molar-refractivity contribution in [1.82, 2.24) is 4.98 Å². The molecular formula is C15H17NO3. The minimum Gasteiger partial charge on any atom is -0.481 e. The molecule has 2 aromatic rings. The van der Waals surface area contributed by atoms with Gasteiger partial charge in [-0.1, -0.05) is 29.8 Å². The van der Waals surface area contributed by atoms with E-state index in [1.165, 1.54) is 0 Å². The number of carbonyl (C=O) groups is 2. The molecule has 2 N–H and O–H groups in total. The summed E-state index contributed by atoms with van der Waals surface area (Å²) in [5.41, 5.74) is 3.56. The molecule has 0 saturated heterocycles. The normalized spacial score (nSPS) is 9.42. The molecule has 0 spiro atoms. The standard InChI is InChI=1S/C13H13NO.C2H4O2/c1-9-3-5-11(6-4-9)13(15)12-10(2)7-8-14-12;1-2(3)4/h3-8,14H,1-2H3;1H3,(H,3,4). The molecule has 4 heteroatoms. The smallest absolute Gasteiger partial charge is 0.300 e. The zero-order valence-corrected chi connectivity index (χ0v) is 11.2. The van der Waals surface area contributed by atoms with Crippen LogP contribution in [0, 0.1) is 13.8 Å². The van der Waals surface area contributed by atoms with E-state index in [9.17, 15) is 4.79 Å². The third kappa shape index (κ3) is 4.43. The topological polar surface area (TPSA) is 70.2 Å². The number of benzene rings is 1. The fourth-order valence-corrected chi connectivity index (χ4v) is 1.54. The summed E-state index contributed by atoms with van der Waals surface area (Å²) >= 11 is 0. The van der Waals surface area contributed by atoms with E-state index in [4.69, 9.17) is 9.90 Å². The Morgan fingerprint density at radius 1 is 1.05 bits per heavy atom. The Morgan fingerprint density at radius 3 is 2.00 bits per heavy atom. The van der Waals surface area contributed by atoms with Crippen LogP contribution in [0.4, 0.5) is 0 Å². The SMILES string of the molecule is CC(=O)O.Cc1ccc(C(=O)c2[nH]ccc2C)cc1. The van der Waals surface area contributed by atoms with Crippen molar-refractivity contribution in [2.45, 2.75) is 20.8 Å². The van der Waals surface area contributed by atoms with Gasteiger partial charge in [-0.15, -0.1) is 0 Å². The number of aryl methyl sites for hydroxylation is 2. The molecule has 4 nitrogen and oxygen atoms in total. The molecule has 0 aliphatic rings. The summed E-state index contributed by atoms with van der Waals surface area (Å²) in [4.78, 5) is 24.0. The zero-order chi connectivity index (χ0) is 14.4. The molecule has 0 bridgehead atoms. The van der Waals surface area contributed by atoms with E-state index in [0.717, 1.165) is 23.6 Å². The van der Waals surface area contributed by atoms with Crippen molar-refractivity contribution in [1.29, 1.82) is 0 Å². The minimum absolute atomic E-state index is 0.0532. The van der Waals surface area contributed by atoms with Crippen molar-refractivity contribution in [2.75, 3.05) is 0 Å². The molecule has 1 heterocycles. The number of nitrogens with one attached hydrogen (secondary N) is 1. The van der Waals surface area contributed by atoms with Crippen LogP contribution in [0.15, 0.2) is 36.5 Å². The summed E-state index contributed by atoms with van der Waals surface area (Å²) in [6.45, 7) is 5.02. The number of aromatic nitrogens is 1. The number of carboxylic acids is 1. The van der Waals surface area contributed by atoms with E-state index >= 15 is 0 Å². The molecule has 0 radical (unpaired) electrons. The van der Waals surface area contributed by atoms with Crippen molar-refractivity contribution in [2.24, 2.45) is 0 Å². The molecule has 0 saturated carbocycles. The van der Waals surface area contributed by atoms with E-state index in [-0.39, 0.29) is 5.78 Å². The van der Waals surface area contributed by atoms with Crippen molar-refractivity contribution >= 4 is 11.8 Å². The molecule has 0 amide bonds. The highest BCUT2D eigenvalue weighted by Crippen LogP contribution is 2.12. The zero-order valence-electron chi connectivity index (χ0n) is 11.2. The number of hydrogen-bond acceptors (Lipinski definition) is 2. The average molecular weight is 259 g/mol. The number of aliphatic carboxylic acids is 1. The fraction of sp³-hybridized carbons (Fsp3) is 0.200. The van der Waals surface area contributed by atoms with Gasteiger partial charge in [-0.25, -0.2) is 0 Å². The van der Waals surface area contributed by atoms with Gasteiger partial charge in [0.25, 0.3) is 5.97 Å². The van der Waals surface area contributed by atoms with Crippen LogP contribution in [-0.4, -0.2) is 21.8 Å². The molecule has 1 aromatic heterocycles. The van der Waals surface area contributed by atoms with Crippen LogP contribution in [-0.2, 0) is 4.79 Å². The van der Waals surface area contributed by atoms with Gasteiger partial charge in [0.2, 0.25) is 5.78 Å². The van der Waals surface area contributed by atoms with Crippen molar-refractivity contribution in [3.8, 4) is 0 Å². The van der Waals surface area contributed by atoms with Crippen LogP contribution >= 0.6 is 0 Å². The molecule has 0 aliphatic heterocycles. The van der Waals surface area contributed by atoms with E-state index in [0.29, 0.717) is 5.69 Å². The summed E-state index contributed by atoms with van der Waals surface area (Å²) in [6.07, 6.45) is 1.79. The van der Waals surface area contributed by atoms with Gasteiger partial charge in [0.05, 0.1) is 5.69 Å². The second-order valence-electron chi connectivity index (χ2n) is 4.25. The lowest BCUT2D eigenvalue weighted by molar-refractivity contribution is -0.134. The largest absolute Gasteiger partial charge is 0.481 e. The molecule has 0 aliphatic carbocycles. The maximum absolute atomic E-state index is 12.0. The predicted octanol–water partition coefficient (Wildman–Crippen LogP) is 2.95. The van der Waals surface area contributed by atoms with Crippen molar-refractivity contribution in [3.05, 3.63) is 58.9 Å². The number of carbonyl (C=O) groups excluding carboxylic acids is 1. The number of carboxylic acid groups (broad SMARTS) is 1. The Balaban J connectivity index is 0.000000399. The predicted molar refractivity (Wildman–Crippen MR) is 73.5 cm³/mol. The molecule has 1 aromatic carbocycles. The van der Waals surface area contributed by atoms with Gasteiger partial charge in [-0.2, -0.15) is 0 Å². The van der Waals surface area contributed by atoms with Gasteiger partial charge in [0, 0.05) is 18.7 Å². The maximum atomic E-state index is 12.0. The Morgan fingerprint density at radius 2 is 1.58 bits per heavy atom. The van der Waals surface area contributed by atoms with Gasteiger partial charge in [0.15, 0.2) is 0 Å². The third-order valence-electron chi connectivity index (χ3n) is 2.50. The Bertz CT molecular complexity index is 563. The van der Waals surface area contributed by atoms with Crippen LogP contribution in [0.25, 0.3) is 0 Å². The van der Waals surface area contributed by atoms with Crippen molar-refractivity contribution in [3.63, 3.8) is 0 Å². The Hall–Kier alpha value is -2.36. The molecule has 19 heavy (non-hydrogen) atoms. The molecule has 100 valence electrons. The first-order valence-corrected chi connectivity index (χ1v) is 5.86. The summed E-state index contributed by atoms with van der Waals surface area (Å²) in [5.74, 6) is -0.780. The average Bonchev–Trinajstić information content (AvgIpc) is 2.75. The summed E-state index contributed by atoms with van der Waals surface area (Å²) < 4.78 is 0. The Kier molecular flexibility index (Phi) is 5.06. The van der Waals surface area contributed by atoms with Crippen LogP contribution in [0.3, 0.4) is 0 Å². The number of hydrogen-bond donors (Lipinski definition) is 2. The molecule has 0 unspecified atom stereocenters. The fourth-order valence-electron chi connectivity index (χ4n) is 1.54. The van der Waals surface area contributed by atoms with E-state index < -0.39 is 5.97 Å². The van der Waals surface area contributed by atoms with Crippen LogP contribution in [0.2, 0.25) is 0 Å². The lowest BCUT2D eigenvalue weighted by atomic mass is 10.0. The second kappa shape index (κ2) is 6.54. The first-order chi connectivity index (χ1) is 8.91. The third-order valence-corrected chi connectivity index (χ3v) is 2.50. The number of ketones is 1. The van der Waals surface area contributed by atoms with E-state index in [1.54, 1.807) is 6.20 Å². The number of H-pyrrole nitrogens is 1. The molecule has 0 atom stereocenters. The van der Waals surface area contributed by atoms with Gasteiger partial charge in [-0.3, -0.25) is 9.59 Å². The quantitative estimate of drug-likeness (QED) is 0.814. The first kappa shape index (κ1) is 14.7. The van der Waals surface area contributed by atoms with Gasteiger partial charge >= 0.3 is 0 Å². The van der Waals surface area contributed by atoms with Gasteiger partial charge < -0.3 is 10.1 Å².